The van der Waals surface area contributed by atoms with E-state index in [1.165, 1.54) is 13.3 Å². The predicted molar refractivity (Wildman–Crippen MR) is 144 cm³/mol. The molecule has 0 saturated carbocycles. The Kier molecular flexibility index (Phi) is 8.78. The van der Waals surface area contributed by atoms with Gasteiger partial charge in [-0.2, -0.15) is 4.99 Å². The van der Waals surface area contributed by atoms with E-state index in [9.17, 15) is 9.59 Å². The van der Waals surface area contributed by atoms with E-state index in [0.29, 0.717) is 21.5 Å². The number of halogens is 1. The molecule has 0 aliphatic carbocycles. The first kappa shape index (κ1) is 25.8. The van der Waals surface area contributed by atoms with Gasteiger partial charge in [0, 0.05) is 22.7 Å². The average molecular weight is 559 g/mol. The van der Waals surface area contributed by atoms with E-state index in [0.717, 1.165) is 16.7 Å². The highest BCUT2D eigenvalue weighted by molar-refractivity contribution is 9.10. The Morgan fingerprint density at radius 2 is 1.51 bits per heavy atom. The van der Waals surface area contributed by atoms with Crippen molar-refractivity contribution in [3.63, 3.8) is 0 Å². The van der Waals surface area contributed by atoms with E-state index in [4.69, 9.17) is 14.2 Å². The lowest BCUT2D eigenvalue weighted by Crippen LogP contribution is -2.21. The summed E-state index contributed by atoms with van der Waals surface area (Å²) in [6.45, 7) is 0.0317. The van der Waals surface area contributed by atoms with Crippen LogP contribution in [0, 0.1) is 0 Å². The Balaban J connectivity index is 1.53. The molecule has 0 aliphatic heterocycles. The van der Waals surface area contributed by atoms with Crippen molar-refractivity contribution < 1.29 is 23.8 Å². The zero-order chi connectivity index (χ0) is 26.0. The second-order valence-electron chi connectivity index (χ2n) is 7.86. The highest BCUT2D eigenvalue weighted by Gasteiger charge is 2.20. The average Bonchev–Trinajstić information content (AvgIpc) is 2.94. The third-order valence-corrected chi connectivity index (χ3v) is 6.03. The van der Waals surface area contributed by atoms with Crippen LogP contribution in [0.25, 0.3) is 11.1 Å². The van der Waals surface area contributed by atoms with Crippen LogP contribution in [0.4, 0.5) is 4.79 Å². The van der Waals surface area contributed by atoms with Crippen molar-refractivity contribution in [2.45, 2.75) is 13.0 Å². The molecule has 4 aromatic rings. The fourth-order valence-electron chi connectivity index (χ4n) is 3.48. The zero-order valence-corrected chi connectivity index (χ0v) is 21.6. The molecule has 0 unspecified atom stereocenters. The lowest BCUT2D eigenvalue weighted by atomic mass is 10.1. The normalized spacial score (nSPS) is 11.0. The van der Waals surface area contributed by atoms with E-state index in [1.54, 1.807) is 6.20 Å². The summed E-state index contributed by atoms with van der Waals surface area (Å²) in [6.07, 6.45) is 2.17. The largest absolute Gasteiger partial charge is 0.465 e. The quantitative estimate of drug-likeness (QED) is 0.174. The van der Waals surface area contributed by atoms with E-state index in [2.05, 4.69) is 25.9 Å². The molecular formula is C29H23BrN2O5. The first-order valence-corrected chi connectivity index (χ1v) is 12.1. The molecular weight excluding hydrogens is 536 g/mol. The number of amides is 1. The van der Waals surface area contributed by atoms with Gasteiger partial charge in [0.25, 0.3) is 0 Å². The number of pyridine rings is 1. The number of ether oxygens (including phenoxy) is 3. The van der Waals surface area contributed by atoms with Crippen molar-refractivity contribution in [2.75, 3.05) is 7.11 Å². The van der Waals surface area contributed by atoms with Crippen LogP contribution in [0.3, 0.4) is 0 Å². The molecule has 1 amide bonds. The molecule has 186 valence electrons. The Hall–Kier alpha value is -4.30. The number of benzene rings is 3. The number of aromatic nitrogens is 1. The van der Waals surface area contributed by atoms with Crippen molar-refractivity contribution >= 4 is 33.7 Å². The van der Waals surface area contributed by atoms with E-state index >= 15 is 0 Å². The van der Waals surface area contributed by atoms with Crippen molar-refractivity contribution in [3.05, 3.63) is 113 Å². The smallest absolute Gasteiger partial charge is 0.434 e. The molecule has 1 aromatic heterocycles. The molecule has 4 rings (SSSR count). The Morgan fingerprint density at radius 3 is 2.19 bits per heavy atom. The summed E-state index contributed by atoms with van der Waals surface area (Å²) in [6, 6.07) is 26.8. The topological polar surface area (TPSA) is 87.1 Å². The number of carbonyl (C=O) groups is 2. The maximum atomic E-state index is 12.4. The third-order valence-electron chi connectivity index (χ3n) is 5.35. The van der Waals surface area contributed by atoms with Crippen LogP contribution in [-0.2, 0) is 27.3 Å². The first-order chi connectivity index (χ1) is 18.0. The van der Waals surface area contributed by atoms with Crippen LogP contribution in [0.1, 0.15) is 11.1 Å². The summed E-state index contributed by atoms with van der Waals surface area (Å²) in [5.41, 5.74) is 3.39. The van der Waals surface area contributed by atoms with E-state index in [-0.39, 0.29) is 18.7 Å². The molecule has 0 spiro atoms. The second kappa shape index (κ2) is 12.6. The molecule has 0 aliphatic rings. The number of esters is 1. The molecule has 0 fully saturated rings. The Bertz CT molecular complexity index is 1390. The number of aliphatic imine (C=N–C) groups is 1. The molecule has 0 N–H and O–H groups in total. The van der Waals surface area contributed by atoms with Crippen molar-refractivity contribution in [2.24, 2.45) is 4.99 Å². The highest BCUT2D eigenvalue weighted by atomic mass is 79.9. The first-order valence-electron chi connectivity index (χ1n) is 11.4. The molecule has 0 bridgehead atoms. The lowest BCUT2D eigenvalue weighted by Gasteiger charge is -2.13. The molecule has 8 heteroatoms. The fraction of sp³-hybridized carbons (Fsp3) is 0.103. The van der Waals surface area contributed by atoms with Gasteiger partial charge in [-0.1, -0.05) is 72.8 Å². The minimum atomic E-state index is -0.895. The molecule has 0 atom stereocenters. The van der Waals surface area contributed by atoms with Crippen LogP contribution >= 0.6 is 15.9 Å². The van der Waals surface area contributed by atoms with Gasteiger partial charge in [-0.25, -0.2) is 9.59 Å². The van der Waals surface area contributed by atoms with Crippen LogP contribution in [0.5, 0.6) is 11.5 Å². The molecule has 7 nitrogen and oxygen atoms in total. The number of hydrogen-bond donors (Lipinski definition) is 0. The van der Waals surface area contributed by atoms with Gasteiger partial charge in [0.15, 0.2) is 0 Å². The summed E-state index contributed by atoms with van der Waals surface area (Å²) in [5, 5.41) is 0. The van der Waals surface area contributed by atoms with Crippen LogP contribution in [0.15, 0.2) is 107 Å². The highest BCUT2D eigenvalue weighted by Crippen LogP contribution is 2.32. The summed E-state index contributed by atoms with van der Waals surface area (Å²) < 4.78 is 16.7. The van der Waals surface area contributed by atoms with Crippen molar-refractivity contribution in [1.29, 1.82) is 0 Å². The number of carbonyl (C=O) groups excluding carboxylic acids is 2. The van der Waals surface area contributed by atoms with Crippen molar-refractivity contribution in [3.8, 4) is 22.6 Å². The number of rotatable bonds is 8. The van der Waals surface area contributed by atoms with Gasteiger partial charge in [0.2, 0.25) is 0 Å². The van der Waals surface area contributed by atoms with E-state index < -0.39 is 12.1 Å². The van der Waals surface area contributed by atoms with Gasteiger partial charge in [-0.15, -0.1) is 0 Å². The maximum Gasteiger partial charge on any atom is 0.434 e. The minimum Gasteiger partial charge on any atom is -0.465 e. The summed E-state index contributed by atoms with van der Waals surface area (Å²) in [4.78, 5) is 32.9. The van der Waals surface area contributed by atoms with E-state index in [1.807, 2.05) is 84.9 Å². The molecule has 37 heavy (non-hydrogen) atoms. The van der Waals surface area contributed by atoms with Gasteiger partial charge >= 0.3 is 12.1 Å². The predicted octanol–water partition coefficient (Wildman–Crippen LogP) is 6.80. The van der Waals surface area contributed by atoms with Gasteiger partial charge in [-0.05, 0) is 44.8 Å². The second-order valence-corrected chi connectivity index (χ2v) is 8.71. The van der Waals surface area contributed by atoms with Gasteiger partial charge < -0.3 is 14.2 Å². The van der Waals surface area contributed by atoms with Gasteiger partial charge in [0.05, 0.1) is 13.3 Å². The Labute approximate surface area is 222 Å². The SMILES string of the molecule is COC(=O)C(Cc1c(Br)cncc1Oc1ccc(-c2ccccc2)cc1)=NC(=O)OCc1ccccc1. The fourth-order valence-corrected chi connectivity index (χ4v) is 3.93. The lowest BCUT2D eigenvalue weighted by molar-refractivity contribution is -0.132. The number of methoxy groups -OCH3 is 1. The molecule has 0 radical (unpaired) electrons. The Morgan fingerprint density at radius 1 is 0.865 bits per heavy atom. The number of hydrogen-bond acceptors (Lipinski definition) is 6. The van der Waals surface area contributed by atoms with Gasteiger partial charge in [-0.3, -0.25) is 4.98 Å². The van der Waals surface area contributed by atoms with Crippen LogP contribution < -0.4 is 4.74 Å². The summed E-state index contributed by atoms with van der Waals surface area (Å²) in [5.74, 6) is 0.231. The van der Waals surface area contributed by atoms with Crippen LogP contribution in [-0.4, -0.2) is 29.9 Å². The monoisotopic (exact) mass is 558 g/mol. The summed E-state index contributed by atoms with van der Waals surface area (Å²) >= 11 is 3.46. The zero-order valence-electron chi connectivity index (χ0n) is 20.0. The summed E-state index contributed by atoms with van der Waals surface area (Å²) in [7, 11) is 1.22. The number of nitrogens with zero attached hydrogens (tertiary/aromatic N) is 2. The van der Waals surface area contributed by atoms with Crippen LogP contribution in [0.2, 0.25) is 0 Å². The minimum absolute atomic E-state index is 0.0317. The standard InChI is InChI=1S/C29H23BrN2O5/c1-35-28(33)26(32-29(34)36-19-20-8-4-2-5-9-20)16-24-25(30)17-31-18-27(24)37-23-14-12-22(13-15-23)21-10-6-3-7-11-21/h2-15,17-18H,16,19H2,1H3. The van der Waals surface area contributed by atoms with Gasteiger partial charge in [0.1, 0.15) is 23.8 Å². The maximum absolute atomic E-state index is 12.4. The molecule has 3 aromatic carbocycles. The van der Waals surface area contributed by atoms with Crippen molar-refractivity contribution in [1.82, 2.24) is 4.98 Å². The molecule has 0 saturated heterocycles. The third kappa shape index (κ3) is 7.11. The molecule has 1 heterocycles.